The van der Waals surface area contributed by atoms with Crippen LogP contribution in [0.15, 0.2) is 18.2 Å². The lowest BCUT2D eigenvalue weighted by molar-refractivity contribution is -0.255. The SMILES string of the molecule is O=C([O-])c1ccc2c(c1)OCCOCCOCCO2. The highest BCUT2D eigenvalue weighted by Gasteiger charge is 2.08. The molecule has 0 atom stereocenters. The molecule has 0 aliphatic carbocycles. The summed E-state index contributed by atoms with van der Waals surface area (Å²) >= 11 is 0. The van der Waals surface area contributed by atoms with Crippen LogP contribution in [0.4, 0.5) is 0 Å². The molecule has 0 unspecified atom stereocenters. The second-order valence-corrected chi connectivity index (χ2v) is 3.87. The Hall–Kier alpha value is -1.79. The number of carboxylic acid groups (broad SMARTS) is 1. The van der Waals surface area contributed by atoms with Crippen molar-refractivity contribution in [3.8, 4) is 11.5 Å². The molecule has 1 aromatic carbocycles. The molecule has 104 valence electrons. The maximum Gasteiger partial charge on any atom is 0.161 e. The summed E-state index contributed by atoms with van der Waals surface area (Å²) in [6.45, 7) is 2.52. The highest BCUT2D eigenvalue weighted by molar-refractivity contribution is 5.86. The van der Waals surface area contributed by atoms with Crippen LogP contribution in [0, 0.1) is 0 Å². The van der Waals surface area contributed by atoms with Crippen molar-refractivity contribution < 1.29 is 28.8 Å². The van der Waals surface area contributed by atoms with Crippen LogP contribution in [-0.4, -0.2) is 45.6 Å². The summed E-state index contributed by atoms with van der Waals surface area (Å²) < 4.78 is 21.5. The van der Waals surface area contributed by atoms with E-state index in [-0.39, 0.29) is 5.56 Å². The van der Waals surface area contributed by atoms with Gasteiger partial charge in [0.05, 0.1) is 32.4 Å². The van der Waals surface area contributed by atoms with E-state index >= 15 is 0 Å². The molecule has 6 heteroatoms. The highest BCUT2D eigenvalue weighted by Crippen LogP contribution is 2.28. The van der Waals surface area contributed by atoms with Gasteiger partial charge in [0, 0.05) is 5.56 Å². The van der Waals surface area contributed by atoms with E-state index in [1.807, 2.05) is 0 Å². The van der Waals surface area contributed by atoms with E-state index in [0.717, 1.165) is 0 Å². The molecular formula is C13H15O6-. The Morgan fingerprint density at radius 1 is 0.895 bits per heavy atom. The van der Waals surface area contributed by atoms with E-state index in [9.17, 15) is 9.90 Å². The van der Waals surface area contributed by atoms with Crippen molar-refractivity contribution in [2.24, 2.45) is 0 Å². The maximum absolute atomic E-state index is 10.8. The van der Waals surface area contributed by atoms with E-state index in [1.54, 1.807) is 6.07 Å². The summed E-state index contributed by atoms with van der Waals surface area (Å²) in [5.41, 5.74) is 0.0478. The predicted octanol–water partition coefficient (Wildman–Crippen LogP) is -0.146. The lowest BCUT2D eigenvalue weighted by Crippen LogP contribution is -2.22. The van der Waals surface area contributed by atoms with Crippen molar-refractivity contribution in [1.82, 2.24) is 0 Å². The number of carbonyl (C=O) groups is 1. The molecule has 1 aliphatic rings. The lowest BCUT2D eigenvalue weighted by atomic mass is 10.2. The van der Waals surface area contributed by atoms with Gasteiger partial charge in [-0.3, -0.25) is 0 Å². The zero-order chi connectivity index (χ0) is 13.5. The smallest absolute Gasteiger partial charge is 0.161 e. The third-order valence-corrected chi connectivity index (χ3v) is 2.52. The predicted molar refractivity (Wildman–Crippen MR) is 63.4 cm³/mol. The van der Waals surface area contributed by atoms with E-state index in [2.05, 4.69) is 0 Å². The van der Waals surface area contributed by atoms with Gasteiger partial charge in [0.2, 0.25) is 0 Å². The van der Waals surface area contributed by atoms with E-state index in [0.29, 0.717) is 51.1 Å². The number of hydrogen-bond donors (Lipinski definition) is 0. The number of benzene rings is 1. The molecule has 19 heavy (non-hydrogen) atoms. The monoisotopic (exact) mass is 267 g/mol. The number of ether oxygens (including phenoxy) is 4. The third kappa shape index (κ3) is 4.11. The minimum Gasteiger partial charge on any atom is -0.545 e. The normalized spacial score (nSPS) is 17.1. The molecule has 0 bridgehead atoms. The summed E-state index contributed by atoms with van der Waals surface area (Å²) in [4.78, 5) is 10.8. The molecule has 0 aromatic heterocycles. The molecule has 0 amide bonds. The first kappa shape index (κ1) is 13.6. The van der Waals surface area contributed by atoms with Crippen LogP contribution in [0.1, 0.15) is 10.4 Å². The molecule has 6 nitrogen and oxygen atoms in total. The van der Waals surface area contributed by atoms with Crippen LogP contribution in [0.5, 0.6) is 11.5 Å². The maximum atomic E-state index is 10.8. The third-order valence-electron chi connectivity index (χ3n) is 2.52. The first-order valence-electron chi connectivity index (χ1n) is 6.04. The molecule has 0 fully saturated rings. The average molecular weight is 267 g/mol. The highest BCUT2D eigenvalue weighted by atomic mass is 16.6. The van der Waals surface area contributed by atoms with Crippen molar-refractivity contribution >= 4 is 5.97 Å². The Morgan fingerprint density at radius 2 is 1.47 bits per heavy atom. The minimum absolute atomic E-state index is 0.0478. The Bertz CT molecular complexity index is 431. The van der Waals surface area contributed by atoms with Crippen molar-refractivity contribution in [2.75, 3.05) is 39.6 Å². The number of hydrogen-bond acceptors (Lipinski definition) is 6. The zero-order valence-corrected chi connectivity index (χ0v) is 10.4. The van der Waals surface area contributed by atoms with Gasteiger partial charge in [0.25, 0.3) is 0 Å². The quantitative estimate of drug-likeness (QED) is 0.704. The van der Waals surface area contributed by atoms with Gasteiger partial charge in [0.1, 0.15) is 13.2 Å². The fourth-order valence-electron chi connectivity index (χ4n) is 1.61. The van der Waals surface area contributed by atoms with Gasteiger partial charge in [-0.2, -0.15) is 0 Å². The molecule has 0 N–H and O–H groups in total. The van der Waals surface area contributed by atoms with Crippen LogP contribution in [0.2, 0.25) is 0 Å². The van der Waals surface area contributed by atoms with Gasteiger partial charge in [-0.1, -0.05) is 0 Å². The van der Waals surface area contributed by atoms with Gasteiger partial charge in [-0.25, -0.2) is 0 Å². The molecular weight excluding hydrogens is 252 g/mol. The second-order valence-electron chi connectivity index (χ2n) is 3.87. The van der Waals surface area contributed by atoms with E-state index in [4.69, 9.17) is 18.9 Å². The molecule has 2 rings (SSSR count). The summed E-state index contributed by atoms with van der Waals surface area (Å²) in [7, 11) is 0. The van der Waals surface area contributed by atoms with Crippen molar-refractivity contribution in [3.05, 3.63) is 23.8 Å². The fraction of sp³-hybridized carbons (Fsp3) is 0.462. The van der Waals surface area contributed by atoms with Crippen molar-refractivity contribution in [2.45, 2.75) is 0 Å². The summed E-state index contributed by atoms with van der Waals surface area (Å²) in [5.74, 6) is -0.405. The zero-order valence-electron chi connectivity index (χ0n) is 10.4. The summed E-state index contributed by atoms with van der Waals surface area (Å²) in [6.07, 6.45) is 0. The number of aromatic carboxylic acids is 1. The first-order valence-corrected chi connectivity index (χ1v) is 6.04. The van der Waals surface area contributed by atoms with Crippen molar-refractivity contribution in [3.63, 3.8) is 0 Å². The summed E-state index contributed by atoms with van der Waals surface area (Å²) in [6, 6.07) is 4.35. The molecule has 0 spiro atoms. The molecule has 1 aromatic rings. The van der Waals surface area contributed by atoms with Crippen molar-refractivity contribution in [1.29, 1.82) is 0 Å². The lowest BCUT2D eigenvalue weighted by Gasteiger charge is -2.16. The van der Waals surface area contributed by atoms with Gasteiger partial charge in [0.15, 0.2) is 11.5 Å². The Morgan fingerprint density at radius 3 is 2.11 bits per heavy atom. The number of rotatable bonds is 1. The van der Waals surface area contributed by atoms with Crippen LogP contribution < -0.4 is 14.6 Å². The van der Waals surface area contributed by atoms with Gasteiger partial charge < -0.3 is 28.8 Å². The molecule has 1 aliphatic heterocycles. The van der Waals surface area contributed by atoms with Gasteiger partial charge in [-0.05, 0) is 18.2 Å². The number of carbonyl (C=O) groups excluding carboxylic acids is 1. The fourth-order valence-corrected chi connectivity index (χ4v) is 1.61. The Balaban J connectivity index is 2.13. The number of fused-ring (bicyclic) bond motifs is 1. The average Bonchev–Trinajstić information content (AvgIpc) is 2.39. The van der Waals surface area contributed by atoms with Gasteiger partial charge in [-0.15, -0.1) is 0 Å². The van der Waals surface area contributed by atoms with E-state index < -0.39 is 5.97 Å². The standard InChI is InChI=1S/C13H16O6/c14-13(15)10-1-2-11-12(9-10)19-8-6-17-4-3-16-5-7-18-11/h1-2,9H,3-8H2,(H,14,15)/p-1. The molecule has 0 saturated carbocycles. The number of carboxylic acids is 1. The van der Waals surface area contributed by atoms with Gasteiger partial charge >= 0.3 is 0 Å². The first-order chi connectivity index (χ1) is 9.27. The van der Waals surface area contributed by atoms with E-state index in [1.165, 1.54) is 12.1 Å². The van der Waals surface area contributed by atoms with Crippen LogP contribution >= 0.6 is 0 Å². The summed E-state index contributed by atoms with van der Waals surface area (Å²) in [5, 5.41) is 10.8. The second kappa shape index (κ2) is 6.96. The largest absolute Gasteiger partial charge is 0.545 e. The van der Waals surface area contributed by atoms with Crippen LogP contribution in [0.3, 0.4) is 0 Å². The topological polar surface area (TPSA) is 77.1 Å². The Labute approximate surface area is 110 Å². The molecule has 0 saturated heterocycles. The molecule has 0 radical (unpaired) electrons. The molecule has 1 heterocycles. The minimum atomic E-state index is -1.25. The van der Waals surface area contributed by atoms with Crippen LogP contribution in [-0.2, 0) is 9.47 Å². The van der Waals surface area contributed by atoms with Crippen LogP contribution in [0.25, 0.3) is 0 Å². The Kier molecular flexibility index (Phi) is 5.00.